The summed E-state index contributed by atoms with van der Waals surface area (Å²) < 4.78 is 6.42. The van der Waals surface area contributed by atoms with Gasteiger partial charge in [-0.25, -0.2) is 0 Å². The summed E-state index contributed by atoms with van der Waals surface area (Å²) in [5, 5.41) is 2.04. The zero-order valence-corrected chi connectivity index (χ0v) is 9.17. The summed E-state index contributed by atoms with van der Waals surface area (Å²) in [6, 6.07) is 7.85. The third kappa shape index (κ3) is 1.32. The molecule has 0 unspecified atom stereocenters. The summed E-state index contributed by atoms with van der Waals surface area (Å²) >= 11 is 3.43. The Labute approximate surface area is 90.2 Å². The van der Waals surface area contributed by atoms with Crippen molar-refractivity contribution >= 4 is 38.0 Å². The third-order valence-electron chi connectivity index (χ3n) is 2.09. The average molecular weight is 249 g/mol. The predicted molar refractivity (Wildman–Crippen MR) is 63.5 cm³/mol. The summed E-state index contributed by atoms with van der Waals surface area (Å²) in [6.45, 7) is 7.57. The van der Waals surface area contributed by atoms with Crippen LogP contribution in [0.2, 0.25) is 0 Å². The van der Waals surface area contributed by atoms with E-state index >= 15 is 0 Å². The van der Waals surface area contributed by atoms with Crippen LogP contribution in [0.5, 0.6) is 0 Å². The molecule has 14 heavy (non-hydrogen) atoms. The number of allylic oxidation sites excluding steroid dienone is 1. The quantitative estimate of drug-likeness (QED) is 0.756. The van der Waals surface area contributed by atoms with Gasteiger partial charge in [0.2, 0.25) is 0 Å². The smallest absolute Gasteiger partial charge is 0.135 e. The summed E-state index contributed by atoms with van der Waals surface area (Å²) in [5.41, 5.74) is 1.52. The van der Waals surface area contributed by atoms with Gasteiger partial charge < -0.3 is 4.42 Å². The van der Waals surface area contributed by atoms with Gasteiger partial charge in [-0.1, -0.05) is 53.4 Å². The number of hydrogen-bond acceptors (Lipinski definition) is 1. The lowest BCUT2D eigenvalue weighted by atomic mass is 10.2. The fourth-order valence-electron chi connectivity index (χ4n) is 1.46. The van der Waals surface area contributed by atoms with Crippen LogP contribution >= 0.6 is 15.9 Å². The van der Waals surface area contributed by atoms with Crippen LogP contribution in [0.3, 0.4) is 0 Å². The monoisotopic (exact) mass is 248 g/mol. The Morgan fingerprint density at radius 1 is 1.36 bits per heavy atom. The van der Waals surface area contributed by atoms with Gasteiger partial charge in [0.25, 0.3) is 0 Å². The fraction of sp³-hybridized carbons (Fsp3) is 0. The van der Waals surface area contributed by atoms with Crippen LogP contribution in [0.25, 0.3) is 22.0 Å². The van der Waals surface area contributed by atoms with Gasteiger partial charge in [-0.05, 0) is 6.07 Å². The molecule has 0 fully saturated rings. The summed E-state index contributed by atoms with van der Waals surface area (Å²) in [4.78, 5) is 0. The Balaban J connectivity index is 3.10. The topological polar surface area (TPSA) is 13.1 Å². The SMILES string of the molecule is C=C/C(Br)=c1\c(=C)oc2ccccc12. The lowest BCUT2D eigenvalue weighted by Crippen LogP contribution is -2.19. The Bertz CT molecular complexity index is 592. The molecular weight excluding hydrogens is 240 g/mol. The Kier molecular flexibility index (Phi) is 2.30. The highest BCUT2D eigenvalue weighted by molar-refractivity contribution is 9.15. The minimum atomic E-state index is 0.665. The molecule has 0 radical (unpaired) electrons. The van der Waals surface area contributed by atoms with Crippen molar-refractivity contribution in [2.24, 2.45) is 0 Å². The Hall–Kier alpha value is -1.28. The van der Waals surface area contributed by atoms with Crippen molar-refractivity contribution in [3.8, 4) is 0 Å². The second kappa shape index (κ2) is 3.46. The molecule has 1 aromatic heterocycles. The van der Waals surface area contributed by atoms with Crippen molar-refractivity contribution < 1.29 is 4.42 Å². The van der Waals surface area contributed by atoms with Crippen LogP contribution in [0.15, 0.2) is 41.3 Å². The largest absolute Gasteiger partial charge is 0.457 e. The van der Waals surface area contributed by atoms with Crippen LogP contribution < -0.4 is 10.6 Å². The number of hydrogen-bond donors (Lipinski definition) is 0. The van der Waals surface area contributed by atoms with Gasteiger partial charge in [0.05, 0.1) is 0 Å². The molecule has 1 heterocycles. The highest BCUT2D eigenvalue weighted by atomic mass is 79.9. The maximum Gasteiger partial charge on any atom is 0.135 e. The second-order valence-corrected chi connectivity index (χ2v) is 3.80. The van der Waals surface area contributed by atoms with Gasteiger partial charge in [0.15, 0.2) is 0 Å². The molecule has 0 saturated carbocycles. The zero-order chi connectivity index (χ0) is 10.1. The van der Waals surface area contributed by atoms with E-state index in [9.17, 15) is 0 Å². The van der Waals surface area contributed by atoms with Crippen molar-refractivity contribution in [1.29, 1.82) is 0 Å². The van der Waals surface area contributed by atoms with Gasteiger partial charge in [-0.15, -0.1) is 0 Å². The van der Waals surface area contributed by atoms with Crippen molar-refractivity contribution in [1.82, 2.24) is 0 Å². The molecule has 2 heteroatoms. The van der Waals surface area contributed by atoms with E-state index < -0.39 is 0 Å². The number of fused-ring (bicyclic) bond motifs is 1. The van der Waals surface area contributed by atoms with Gasteiger partial charge in [-0.3, -0.25) is 0 Å². The van der Waals surface area contributed by atoms with E-state index in [0.29, 0.717) is 5.42 Å². The molecule has 0 bridgehead atoms. The van der Waals surface area contributed by atoms with E-state index in [0.717, 1.165) is 20.7 Å². The molecule has 1 nitrogen and oxygen atoms in total. The molecule has 0 spiro atoms. The molecule has 0 aliphatic carbocycles. The molecule has 0 N–H and O–H groups in total. The van der Waals surface area contributed by atoms with E-state index in [2.05, 4.69) is 29.1 Å². The van der Waals surface area contributed by atoms with E-state index in [-0.39, 0.29) is 0 Å². The highest BCUT2D eigenvalue weighted by Crippen LogP contribution is 2.11. The first kappa shape index (κ1) is 9.28. The Morgan fingerprint density at radius 2 is 2.07 bits per heavy atom. The molecule has 2 rings (SSSR count). The molecule has 0 aliphatic rings. The minimum absolute atomic E-state index is 0.665. The molecule has 0 atom stereocenters. The first-order valence-corrected chi connectivity index (χ1v) is 5.02. The first-order chi connectivity index (χ1) is 6.74. The van der Waals surface area contributed by atoms with E-state index in [1.54, 1.807) is 6.08 Å². The number of rotatable bonds is 1. The van der Waals surface area contributed by atoms with Gasteiger partial charge in [-0.2, -0.15) is 0 Å². The molecule has 0 amide bonds. The van der Waals surface area contributed by atoms with E-state index in [1.165, 1.54) is 0 Å². The molecule has 70 valence electrons. The summed E-state index contributed by atoms with van der Waals surface area (Å²) in [6.07, 6.45) is 1.74. The maximum absolute atomic E-state index is 5.51. The van der Waals surface area contributed by atoms with Gasteiger partial charge in [0, 0.05) is 15.1 Å². The number of benzene rings is 1. The van der Waals surface area contributed by atoms with Crippen molar-refractivity contribution in [2.45, 2.75) is 0 Å². The maximum atomic E-state index is 5.51. The number of para-hydroxylation sites is 1. The van der Waals surface area contributed by atoms with E-state index in [4.69, 9.17) is 4.42 Å². The van der Waals surface area contributed by atoms with Crippen LogP contribution in [-0.2, 0) is 0 Å². The van der Waals surface area contributed by atoms with Crippen LogP contribution in [-0.4, -0.2) is 0 Å². The molecular formula is C12H9BrO. The molecule has 0 saturated heterocycles. The molecule has 1 aromatic carbocycles. The lowest BCUT2D eigenvalue weighted by molar-refractivity contribution is 0.577. The number of furan rings is 1. The second-order valence-electron chi connectivity index (χ2n) is 2.95. The molecule has 0 aliphatic heterocycles. The van der Waals surface area contributed by atoms with E-state index in [1.807, 2.05) is 24.3 Å². The van der Waals surface area contributed by atoms with Gasteiger partial charge >= 0.3 is 0 Å². The minimum Gasteiger partial charge on any atom is -0.457 e. The van der Waals surface area contributed by atoms with Crippen molar-refractivity contribution in [3.63, 3.8) is 0 Å². The fourth-order valence-corrected chi connectivity index (χ4v) is 1.89. The van der Waals surface area contributed by atoms with Crippen LogP contribution in [0, 0.1) is 0 Å². The first-order valence-electron chi connectivity index (χ1n) is 4.23. The van der Waals surface area contributed by atoms with Crippen molar-refractivity contribution in [2.75, 3.05) is 0 Å². The Morgan fingerprint density at radius 3 is 2.79 bits per heavy atom. The summed E-state index contributed by atoms with van der Waals surface area (Å²) in [7, 11) is 0. The predicted octanol–water partition coefficient (Wildman–Crippen LogP) is 2.53. The lowest BCUT2D eigenvalue weighted by Gasteiger charge is -1.86. The van der Waals surface area contributed by atoms with Crippen molar-refractivity contribution in [3.05, 3.63) is 47.6 Å². The highest BCUT2D eigenvalue weighted by Gasteiger charge is 2.02. The third-order valence-corrected chi connectivity index (χ3v) is 2.81. The average Bonchev–Trinajstić information content (AvgIpc) is 2.53. The number of halogens is 1. The molecule has 2 aromatic rings. The standard InChI is InChI=1S/C12H9BrO/c1-3-10(13)12-8(2)14-11-7-5-4-6-9(11)12/h3-7H,1-2H2/b12-10-. The normalized spacial score (nSPS) is 12.9. The zero-order valence-electron chi connectivity index (χ0n) is 7.59. The van der Waals surface area contributed by atoms with Crippen LogP contribution in [0.1, 0.15) is 0 Å². The summed E-state index contributed by atoms with van der Waals surface area (Å²) in [5.74, 6) is 0. The van der Waals surface area contributed by atoms with Gasteiger partial charge in [0.1, 0.15) is 11.0 Å². The van der Waals surface area contributed by atoms with Crippen LogP contribution in [0.4, 0.5) is 0 Å².